The number of aryl methyl sites for hydroxylation is 2. The minimum Gasteiger partial charge on any atom is -0.462 e. The summed E-state index contributed by atoms with van der Waals surface area (Å²) in [6.45, 7) is 11.9. The molecule has 0 atom stereocenters. The van der Waals surface area contributed by atoms with Crippen molar-refractivity contribution < 1.29 is 9.47 Å². The summed E-state index contributed by atoms with van der Waals surface area (Å²) in [4.78, 5) is 14.8. The molecule has 0 bridgehead atoms. The van der Waals surface area contributed by atoms with E-state index in [1.807, 2.05) is 19.1 Å². The summed E-state index contributed by atoms with van der Waals surface area (Å²) in [7, 11) is 0. The minimum absolute atomic E-state index is 0.374. The van der Waals surface area contributed by atoms with E-state index in [1.165, 1.54) is 16.6 Å². The number of nitrogens with one attached hydrogen (secondary N) is 3. The van der Waals surface area contributed by atoms with Gasteiger partial charge in [0.25, 0.3) is 0 Å². The fourth-order valence-corrected chi connectivity index (χ4v) is 3.60. The first-order valence-corrected chi connectivity index (χ1v) is 10.5. The molecule has 0 radical (unpaired) electrons. The van der Waals surface area contributed by atoms with Gasteiger partial charge in [0.1, 0.15) is 18.2 Å². The fraction of sp³-hybridized carbons (Fsp3) is 0.455. The van der Waals surface area contributed by atoms with E-state index in [4.69, 9.17) is 9.47 Å². The van der Waals surface area contributed by atoms with Crippen LogP contribution in [0.4, 0.5) is 17.3 Å². The molecule has 30 heavy (non-hydrogen) atoms. The number of rotatable bonds is 8. The van der Waals surface area contributed by atoms with E-state index in [1.54, 1.807) is 0 Å². The molecule has 1 aliphatic heterocycles. The Balaban J connectivity index is 1.48. The van der Waals surface area contributed by atoms with Gasteiger partial charge in [0.2, 0.25) is 0 Å². The third kappa shape index (κ3) is 4.83. The Labute approximate surface area is 177 Å². The largest absolute Gasteiger partial charge is 0.462 e. The predicted octanol–water partition coefficient (Wildman–Crippen LogP) is 3.46. The topological polar surface area (TPSA) is 87.3 Å². The Morgan fingerprint density at radius 1 is 1.13 bits per heavy atom. The standard InChI is InChI=1S/C22H30N6O2/c1-4-23-20-14-21(25-17-5-6-19-18(13-17)15(2)16(3)24-19)27-22(26-20)30-12-9-28-7-10-29-11-8-28/h5-6,13-14,24H,4,7-12H2,1-3H3,(H2,23,25,26,27). The number of anilines is 3. The maximum absolute atomic E-state index is 5.88. The van der Waals surface area contributed by atoms with Gasteiger partial charge in [-0.05, 0) is 44.5 Å². The molecule has 1 aromatic carbocycles. The number of hydrogen-bond donors (Lipinski definition) is 3. The number of aromatic amines is 1. The highest BCUT2D eigenvalue weighted by atomic mass is 16.5. The average Bonchev–Trinajstić information content (AvgIpc) is 3.03. The smallest absolute Gasteiger partial charge is 0.320 e. The Kier molecular flexibility index (Phi) is 6.35. The van der Waals surface area contributed by atoms with Crippen molar-refractivity contribution in [3.63, 3.8) is 0 Å². The normalized spacial score (nSPS) is 14.8. The molecular formula is C22H30N6O2. The van der Waals surface area contributed by atoms with Crippen LogP contribution in [0.5, 0.6) is 6.01 Å². The molecule has 160 valence electrons. The van der Waals surface area contributed by atoms with E-state index >= 15 is 0 Å². The number of fused-ring (bicyclic) bond motifs is 1. The summed E-state index contributed by atoms with van der Waals surface area (Å²) in [5.41, 5.74) is 4.56. The number of aromatic nitrogens is 3. The van der Waals surface area contributed by atoms with Crippen LogP contribution in [-0.4, -0.2) is 65.9 Å². The molecule has 3 heterocycles. The molecule has 0 unspecified atom stereocenters. The van der Waals surface area contributed by atoms with E-state index in [9.17, 15) is 0 Å². The lowest BCUT2D eigenvalue weighted by Gasteiger charge is -2.26. The number of nitrogens with zero attached hydrogens (tertiary/aromatic N) is 3. The summed E-state index contributed by atoms with van der Waals surface area (Å²) >= 11 is 0. The number of ether oxygens (including phenoxy) is 2. The molecule has 0 amide bonds. The van der Waals surface area contributed by atoms with E-state index in [2.05, 4.69) is 56.5 Å². The Morgan fingerprint density at radius 3 is 2.73 bits per heavy atom. The van der Waals surface area contributed by atoms with E-state index in [0.717, 1.165) is 56.4 Å². The Morgan fingerprint density at radius 2 is 1.93 bits per heavy atom. The van der Waals surface area contributed by atoms with Crippen molar-refractivity contribution in [1.82, 2.24) is 19.9 Å². The van der Waals surface area contributed by atoms with Gasteiger partial charge in [-0.15, -0.1) is 0 Å². The van der Waals surface area contributed by atoms with E-state index < -0.39 is 0 Å². The van der Waals surface area contributed by atoms with Crippen molar-refractivity contribution in [1.29, 1.82) is 0 Å². The average molecular weight is 411 g/mol. The van der Waals surface area contributed by atoms with E-state index in [0.29, 0.717) is 18.4 Å². The molecule has 4 rings (SSSR count). The monoisotopic (exact) mass is 410 g/mol. The van der Waals surface area contributed by atoms with Crippen LogP contribution in [-0.2, 0) is 4.74 Å². The molecule has 8 heteroatoms. The molecule has 0 spiro atoms. The van der Waals surface area contributed by atoms with Crippen LogP contribution in [0.2, 0.25) is 0 Å². The number of morpholine rings is 1. The second-order valence-electron chi connectivity index (χ2n) is 7.51. The van der Waals surface area contributed by atoms with Gasteiger partial charge < -0.3 is 25.1 Å². The van der Waals surface area contributed by atoms with Crippen LogP contribution in [0.3, 0.4) is 0 Å². The van der Waals surface area contributed by atoms with Crippen LogP contribution in [0.1, 0.15) is 18.2 Å². The van der Waals surface area contributed by atoms with Gasteiger partial charge >= 0.3 is 6.01 Å². The highest BCUT2D eigenvalue weighted by Gasteiger charge is 2.12. The fourth-order valence-electron chi connectivity index (χ4n) is 3.60. The SMILES string of the molecule is CCNc1cc(Nc2ccc3[nH]c(C)c(C)c3c2)nc(OCCN2CCOCC2)n1. The Bertz CT molecular complexity index is 997. The Hall–Kier alpha value is -2.84. The molecule has 8 nitrogen and oxygen atoms in total. The highest BCUT2D eigenvalue weighted by molar-refractivity contribution is 5.88. The molecule has 1 fully saturated rings. The molecule has 0 aliphatic carbocycles. The van der Waals surface area contributed by atoms with Crippen molar-refractivity contribution in [2.75, 3.05) is 56.6 Å². The van der Waals surface area contributed by atoms with Gasteiger partial charge in [0.15, 0.2) is 0 Å². The number of H-pyrrole nitrogens is 1. The van der Waals surface area contributed by atoms with Gasteiger partial charge in [0.05, 0.1) is 13.2 Å². The van der Waals surface area contributed by atoms with E-state index in [-0.39, 0.29) is 0 Å². The summed E-state index contributed by atoms with van der Waals surface area (Å²) in [5, 5.41) is 7.86. The first-order valence-electron chi connectivity index (χ1n) is 10.5. The second-order valence-corrected chi connectivity index (χ2v) is 7.51. The van der Waals surface area contributed by atoms with Gasteiger partial charge in [-0.1, -0.05) is 0 Å². The molecule has 1 saturated heterocycles. The molecule has 2 aromatic heterocycles. The zero-order chi connectivity index (χ0) is 20.9. The molecule has 1 aliphatic rings. The third-order valence-corrected chi connectivity index (χ3v) is 5.39. The summed E-state index contributed by atoms with van der Waals surface area (Å²) in [6, 6.07) is 8.55. The van der Waals surface area contributed by atoms with Crippen molar-refractivity contribution in [2.24, 2.45) is 0 Å². The minimum atomic E-state index is 0.374. The third-order valence-electron chi connectivity index (χ3n) is 5.39. The van der Waals surface area contributed by atoms with Gasteiger partial charge in [-0.25, -0.2) is 0 Å². The summed E-state index contributed by atoms with van der Waals surface area (Å²) < 4.78 is 11.3. The zero-order valence-electron chi connectivity index (χ0n) is 17.9. The quantitative estimate of drug-likeness (QED) is 0.524. The van der Waals surface area contributed by atoms with Gasteiger partial charge in [-0.3, -0.25) is 4.90 Å². The molecule has 3 aromatic rings. The summed E-state index contributed by atoms with van der Waals surface area (Å²) in [6.07, 6.45) is 0. The summed E-state index contributed by atoms with van der Waals surface area (Å²) in [5.74, 6) is 1.44. The molecule has 3 N–H and O–H groups in total. The maximum Gasteiger partial charge on any atom is 0.320 e. The van der Waals surface area contributed by atoms with Crippen LogP contribution in [0.25, 0.3) is 10.9 Å². The number of benzene rings is 1. The van der Waals surface area contributed by atoms with Crippen molar-refractivity contribution in [3.8, 4) is 6.01 Å². The number of hydrogen-bond acceptors (Lipinski definition) is 7. The lowest BCUT2D eigenvalue weighted by Crippen LogP contribution is -2.38. The van der Waals surface area contributed by atoms with Crippen molar-refractivity contribution >= 4 is 28.2 Å². The van der Waals surface area contributed by atoms with Gasteiger partial charge in [0, 0.05) is 54.5 Å². The highest BCUT2D eigenvalue weighted by Crippen LogP contribution is 2.27. The van der Waals surface area contributed by atoms with Crippen molar-refractivity contribution in [2.45, 2.75) is 20.8 Å². The van der Waals surface area contributed by atoms with Gasteiger partial charge in [-0.2, -0.15) is 9.97 Å². The first kappa shape index (κ1) is 20.4. The second kappa shape index (κ2) is 9.32. The van der Waals surface area contributed by atoms with Crippen LogP contribution in [0, 0.1) is 13.8 Å². The maximum atomic E-state index is 5.88. The lowest BCUT2D eigenvalue weighted by molar-refractivity contribution is 0.0317. The molecule has 0 saturated carbocycles. The van der Waals surface area contributed by atoms with Crippen molar-refractivity contribution in [3.05, 3.63) is 35.5 Å². The van der Waals surface area contributed by atoms with Crippen LogP contribution < -0.4 is 15.4 Å². The van der Waals surface area contributed by atoms with Crippen LogP contribution >= 0.6 is 0 Å². The first-order chi connectivity index (χ1) is 14.6. The zero-order valence-corrected chi connectivity index (χ0v) is 17.9. The predicted molar refractivity (Wildman–Crippen MR) is 120 cm³/mol. The van der Waals surface area contributed by atoms with Crippen LogP contribution in [0.15, 0.2) is 24.3 Å². The lowest BCUT2D eigenvalue weighted by atomic mass is 10.1. The molecular weight excluding hydrogens is 380 g/mol.